The molecule has 2 aromatic carbocycles. The Morgan fingerprint density at radius 1 is 1.08 bits per heavy atom. The van der Waals surface area contributed by atoms with Crippen molar-refractivity contribution in [2.45, 2.75) is 32.6 Å². The van der Waals surface area contributed by atoms with E-state index in [9.17, 15) is 14.7 Å². The Morgan fingerprint density at radius 3 is 2.35 bits per heavy atom. The van der Waals surface area contributed by atoms with E-state index in [1.807, 2.05) is 6.07 Å². The molecule has 0 bridgehead atoms. The number of anilines is 1. The summed E-state index contributed by atoms with van der Waals surface area (Å²) in [6.45, 7) is 6.35. The third-order valence-electron chi connectivity index (χ3n) is 3.88. The van der Waals surface area contributed by atoms with Gasteiger partial charge >= 0.3 is 0 Å². The first-order valence-corrected chi connectivity index (χ1v) is 8.72. The number of rotatable bonds is 5. The lowest BCUT2D eigenvalue weighted by Crippen LogP contribution is -2.27. The molecule has 0 unspecified atom stereocenters. The maximum absolute atomic E-state index is 12.1. The number of aromatic hydroxyl groups is 1. The summed E-state index contributed by atoms with van der Waals surface area (Å²) in [6.07, 6.45) is 0.0957. The molecule has 2 amide bonds. The fraction of sp³-hybridized carbons (Fsp3) is 0.300. The normalized spacial score (nSPS) is 11.1. The molecule has 0 saturated heterocycles. The van der Waals surface area contributed by atoms with Gasteiger partial charge in [0.15, 0.2) is 0 Å². The van der Waals surface area contributed by atoms with Crippen molar-refractivity contribution in [3.05, 3.63) is 58.6 Å². The minimum Gasteiger partial charge on any atom is -0.506 e. The van der Waals surface area contributed by atoms with Gasteiger partial charge in [-0.2, -0.15) is 0 Å². The van der Waals surface area contributed by atoms with Crippen LogP contribution in [0.1, 0.15) is 43.1 Å². The van der Waals surface area contributed by atoms with Crippen LogP contribution in [0.3, 0.4) is 0 Å². The maximum Gasteiger partial charge on any atom is 0.251 e. The van der Waals surface area contributed by atoms with Gasteiger partial charge in [0.1, 0.15) is 5.75 Å². The van der Waals surface area contributed by atoms with E-state index in [2.05, 4.69) is 31.4 Å². The van der Waals surface area contributed by atoms with Gasteiger partial charge in [0.2, 0.25) is 5.91 Å². The van der Waals surface area contributed by atoms with E-state index in [-0.39, 0.29) is 35.9 Å². The number of benzene rings is 2. The van der Waals surface area contributed by atoms with Crippen molar-refractivity contribution in [2.24, 2.45) is 0 Å². The van der Waals surface area contributed by atoms with Crippen LogP contribution in [0, 0.1) is 0 Å². The van der Waals surface area contributed by atoms with Crippen molar-refractivity contribution in [3.8, 4) is 5.75 Å². The molecule has 2 rings (SSSR count). The lowest BCUT2D eigenvalue weighted by Gasteiger charge is -2.20. The molecule has 0 radical (unpaired) electrons. The lowest BCUT2D eigenvalue weighted by molar-refractivity contribution is -0.116. The molecule has 3 N–H and O–H groups in total. The largest absolute Gasteiger partial charge is 0.506 e. The number of carbonyl (C=O) groups excluding carboxylic acids is 2. The molecule has 0 aliphatic heterocycles. The molecule has 0 saturated carbocycles. The highest BCUT2D eigenvalue weighted by molar-refractivity contribution is 6.30. The molecule has 0 fully saturated rings. The number of phenolic OH excluding ortho intramolecular Hbond substituents is 1. The van der Waals surface area contributed by atoms with E-state index in [0.29, 0.717) is 16.3 Å². The molecule has 26 heavy (non-hydrogen) atoms. The first kappa shape index (κ1) is 19.8. The molecule has 0 aliphatic rings. The molecule has 0 spiro atoms. The summed E-state index contributed by atoms with van der Waals surface area (Å²) >= 11 is 5.79. The molecule has 2 aromatic rings. The number of halogens is 1. The van der Waals surface area contributed by atoms with Gasteiger partial charge in [-0.05, 0) is 47.4 Å². The van der Waals surface area contributed by atoms with Crippen molar-refractivity contribution in [1.82, 2.24) is 5.32 Å². The molecule has 0 aromatic heterocycles. The summed E-state index contributed by atoms with van der Waals surface area (Å²) in [5.74, 6) is -0.550. The highest BCUT2D eigenvalue weighted by Gasteiger charge is 2.16. The van der Waals surface area contributed by atoms with Gasteiger partial charge in [-0.15, -0.1) is 0 Å². The molecule has 0 aliphatic carbocycles. The number of hydrogen-bond acceptors (Lipinski definition) is 3. The minimum absolute atomic E-state index is 0.0107. The minimum atomic E-state index is -0.289. The van der Waals surface area contributed by atoms with Crippen molar-refractivity contribution in [2.75, 3.05) is 11.9 Å². The Hall–Kier alpha value is -2.53. The molecule has 5 nitrogen and oxygen atoms in total. The Bertz CT molecular complexity index is 796. The summed E-state index contributed by atoms with van der Waals surface area (Å²) in [4.78, 5) is 24.1. The summed E-state index contributed by atoms with van der Waals surface area (Å²) in [5.41, 5.74) is 1.75. The van der Waals surface area contributed by atoms with E-state index >= 15 is 0 Å². The highest BCUT2D eigenvalue weighted by atomic mass is 35.5. The van der Waals surface area contributed by atoms with Crippen LogP contribution in [0.5, 0.6) is 5.75 Å². The number of nitrogens with one attached hydrogen (secondary N) is 2. The number of carbonyl (C=O) groups is 2. The summed E-state index contributed by atoms with van der Waals surface area (Å²) in [7, 11) is 0. The van der Waals surface area contributed by atoms with E-state index in [4.69, 9.17) is 11.6 Å². The van der Waals surface area contributed by atoms with Gasteiger partial charge in [-0.3, -0.25) is 9.59 Å². The second kappa shape index (κ2) is 8.23. The van der Waals surface area contributed by atoms with Gasteiger partial charge in [0, 0.05) is 23.6 Å². The quantitative estimate of drug-likeness (QED) is 0.689. The topological polar surface area (TPSA) is 78.4 Å². The number of phenols is 1. The van der Waals surface area contributed by atoms with Crippen LogP contribution in [0.15, 0.2) is 42.5 Å². The van der Waals surface area contributed by atoms with Crippen LogP contribution in [0.2, 0.25) is 5.02 Å². The second-order valence-electron chi connectivity index (χ2n) is 7.04. The molecule has 0 atom stereocenters. The average molecular weight is 375 g/mol. The van der Waals surface area contributed by atoms with Crippen molar-refractivity contribution in [3.63, 3.8) is 0 Å². The third kappa shape index (κ3) is 5.49. The molecular formula is C20H23ClN2O3. The van der Waals surface area contributed by atoms with Gasteiger partial charge in [-0.1, -0.05) is 38.4 Å². The Balaban J connectivity index is 1.89. The lowest BCUT2D eigenvalue weighted by atomic mass is 9.87. The Kier molecular flexibility index (Phi) is 6.27. The van der Waals surface area contributed by atoms with Crippen molar-refractivity contribution < 1.29 is 14.7 Å². The summed E-state index contributed by atoms with van der Waals surface area (Å²) in [6, 6.07) is 11.7. The number of hydrogen-bond donors (Lipinski definition) is 3. The average Bonchev–Trinajstić information content (AvgIpc) is 2.56. The van der Waals surface area contributed by atoms with Crippen LogP contribution in [0.25, 0.3) is 0 Å². The zero-order valence-corrected chi connectivity index (χ0v) is 15.9. The fourth-order valence-corrected chi connectivity index (χ4v) is 2.43. The molecule has 138 valence electrons. The summed E-state index contributed by atoms with van der Waals surface area (Å²) < 4.78 is 0. The van der Waals surface area contributed by atoms with Crippen LogP contribution in [-0.4, -0.2) is 23.5 Å². The van der Waals surface area contributed by atoms with Gasteiger partial charge in [-0.25, -0.2) is 0 Å². The molecule has 6 heteroatoms. The van der Waals surface area contributed by atoms with Gasteiger partial charge in [0.05, 0.1) is 5.69 Å². The van der Waals surface area contributed by atoms with Crippen LogP contribution in [-0.2, 0) is 10.2 Å². The zero-order valence-electron chi connectivity index (χ0n) is 15.1. The molecular weight excluding hydrogens is 352 g/mol. The van der Waals surface area contributed by atoms with E-state index < -0.39 is 0 Å². The highest BCUT2D eigenvalue weighted by Crippen LogP contribution is 2.30. The summed E-state index contributed by atoms with van der Waals surface area (Å²) in [5, 5.41) is 15.9. The van der Waals surface area contributed by atoms with Crippen molar-refractivity contribution >= 4 is 29.1 Å². The van der Waals surface area contributed by atoms with Crippen LogP contribution in [0.4, 0.5) is 5.69 Å². The molecule has 0 heterocycles. The smallest absolute Gasteiger partial charge is 0.251 e. The van der Waals surface area contributed by atoms with Crippen LogP contribution < -0.4 is 10.6 Å². The standard InChI is InChI=1S/C20H23ClN2O3/c1-20(2,3)14-6-9-17(24)16(12-14)23-18(25)10-11-22-19(26)13-4-7-15(21)8-5-13/h4-9,12,24H,10-11H2,1-3H3,(H,22,26)(H,23,25). The van der Waals surface area contributed by atoms with E-state index in [1.54, 1.807) is 36.4 Å². The Morgan fingerprint density at radius 2 is 1.73 bits per heavy atom. The van der Waals surface area contributed by atoms with E-state index in [1.165, 1.54) is 0 Å². The van der Waals surface area contributed by atoms with Crippen molar-refractivity contribution in [1.29, 1.82) is 0 Å². The zero-order chi connectivity index (χ0) is 19.3. The Labute approximate surface area is 158 Å². The van der Waals surface area contributed by atoms with Gasteiger partial charge in [0.25, 0.3) is 5.91 Å². The van der Waals surface area contributed by atoms with Crippen LogP contribution >= 0.6 is 11.6 Å². The number of amides is 2. The first-order valence-electron chi connectivity index (χ1n) is 8.34. The monoisotopic (exact) mass is 374 g/mol. The van der Waals surface area contributed by atoms with Gasteiger partial charge < -0.3 is 15.7 Å². The SMILES string of the molecule is CC(C)(C)c1ccc(O)c(NC(=O)CCNC(=O)c2ccc(Cl)cc2)c1. The first-order chi connectivity index (χ1) is 12.2. The van der Waals surface area contributed by atoms with E-state index in [0.717, 1.165) is 5.56 Å². The predicted molar refractivity (Wildman–Crippen MR) is 104 cm³/mol. The second-order valence-corrected chi connectivity index (χ2v) is 7.48. The predicted octanol–water partition coefficient (Wildman–Crippen LogP) is 4.10. The third-order valence-corrected chi connectivity index (χ3v) is 4.13. The fourth-order valence-electron chi connectivity index (χ4n) is 2.31. The maximum atomic E-state index is 12.1.